The molecule has 1 saturated carbocycles. The molecule has 2 bridgehead atoms. The third kappa shape index (κ3) is 3.55. The van der Waals surface area contributed by atoms with Crippen molar-refractivity contribution >= 4 is 5.78 Å². The smallest absolute Gasteiger partial charge is 0.161 e. The number of nitrogens with one attached hydrogen (secondary N) is 1. The van der Waals surface area contributed by atoms with Gasteiger partial charge in [-0.25, -0.2) is 0 Å². The van der Waals surface area contributed by atoms with E-state index >= 15 is 0 Å². The van der Waals surface area contributed by atoms with Crippen LogP contribution in [-0.4, -0.2) is 49.8 Å². The number of fused-ring (bicyclic) bond motifs is 1. The van der Waals surface area contributed by atoms with Crippen molar-refractivity contribution < 1.29 is 36.7 Å². The molecule has 1 saturated heterocycles. The van der Waals surface area contributed by atoms with Gasteiger partial charge in [-0.05, 0) is 36.5 Å². The number of methoxy groups -OCH3 is 1. The Labute approximate surface area is 208 Å². The molecule has 2 aromatic rings. The van der Waals surface area contributed by atoms with E-state index < -0.39 is 11.0 Å². The van der Waals surface area contributed by atoms with Gasteiger partial charge in [-0.2, -0.15) is 0 Å². The van der Waals surface area contributed by atoms with Crippen molar-refractivity contribution in [1.82, 2.24) is 0 Å². The third-order valence-electron chi connectivity index (χ3n) is 8.92. The number of piperidine rings is 1. The number of hydrogen-bond donors (Lipinski definition) is 2. The van der Waals surface area contributed by atoms with Crippen LogP contribution in [0, 0.1) is 5.92 Å². The summed E-state index contributed by atoms with van der Waals surface area (Å²) in [4.78, 5) is 14.7. The normalized spacial score (nSPS) is 31.7. The molecule has 1 heterocycles. The van der Waals surface area contributed by atoms with Crippen molar-refractivity contribution in [2.45, 2.75) is 62.5 Å². The average molecular weight is 486 g/mol. The molecule has 2 fully saturated rings. The monoisotopic (exact) mass is 485 g/mol. The Balaban J connectivity index is 0.00000274. The lowest BCUT2D eigenvalue weighted by atomic mass is 9.45. The van der Waals surface area contributed by atoms with Crippen LogP contribution in [0.2, 0.25) is 0 Å². The van der Waals surface area contributed by atoms with E-state index in [9.17, 15) is 9.90 Å². The van der Waals surface area contributed by atoms with Crippen molar-refractivity contribution in [3.8, 4) is 11.5 Å². The summed E-state index contributed by atoms with van der Waals surface area (Å²) in [5, 5.41) is 11.4. The van der Waals surface area contributed by atoms with E-state index in [1.54, 1.807) is 7.11 Å². The van der Waals surface area contributed by atoms with Gasteiger partial charge in [0.05, 0.1) is 20.7 Å². The molecule has 5 rings (SSSR count). The Hall–Kier alpha value is -2.08. The van der Waals surface area contributed by atoms with Gasteiger partial charge in [0.15, 0.2) is 11.5 Å². The van der Waals surface area contributed by atoms with Gasteiger partial charge in [0.2, 0.25) is 0 Å². The maximum Gasteiger partial charge on any atom is 0.161 e. The zero-order valence-electron chi connectivity index (χ0n) is 20.4. The molecule has 3 aliphatic rings. The van der Waals surface area contributed by atoms with Crippen LogP contribution in [0.4, 0.5) is 0 Å². The highest BCUT2D eigenvalue weighted by Crippen LogP contribution is 2.61. The van der Waals surface area contributed by atoms with E-state index in [-0.39, 0.29) is 35.9 Å². The minimum absolute atomic E-state index is 0. The summed E-state index contributed by atoms with van der Waals surface area (Å²) in [7, 11) is 3.85. The molecule has 2 N–H and O–H groups in total. The minimum Gasteiger partial charge on any atom is -1.00 e. The second-order valence-corrected chi connectivity index (χ2v) is 10.2. The van der Waals surface area contributed by atoms with Crippen LogP contribution >= 0.6 is 0 Å². The molecule has 1 aliphatic heterocycles. The first kappa shape index (κ1) is 25.0. The van der Waals surface area contributed by atoms with Crippen LogP contribution in [0.25, 0.3) is 0 Å². The number of ether oxygens (including phenoxy) is 2. The average Bonchev–Trinajstić information content (AvgIpc) is 2.83. The number of ketones is 1. The van der Waals surface area contributed by atoms with Crippen molar-refractivity contribution in [3.63, 3.8) is 0 Å². The highest BCUT2D eigenvalue weighted by molar-refractivity contribution is 5.85. The lowest BCUT2D eigenvalue weighted by molar-refractivity contribution is -0.924. The summed E-state index contributed by atoms with van der Waals surface area (Å²) < 4.78 is 12.5. The van der Waals surface area contributed by atoms with Gasteiger partial charge in [0, 0.05) is 42.8 Å². The van der Waals surface area contributed by atoms with E-state index in [2.05, 4.69) is 44.3 Å². The molecule has 184 valence electrons. The number of likely N-dealkylation sites (tertiary alicyclic amines) is 1. The van der Waals surface area contributed by atoms with Gasteiger partial charge in [-0.1, -0.05) is 43.3 Å². The Morgan fingerprint density at radius 2 is 1.91 bits per heavy atom. The molecule has 1 unspecified atom stereocenters. The molecular formula is C28H36ClNO4. The minimum atomic E-state index is -0.522. The topological polar surface area (TPSA) is 60.2 Å². The van der Waals surface area contributed by atoms with Gasteiger partial charge in [0.25, 0.3) is 0 Å². The molecule has 2 aromatic carbocycles. The second-order valence-electron chi connectivity index (χ2n) is 10.2. The third-order valence-corrected chi connectivity index (χ3v) is 8.92. The fraction of sp³-hybridized carbons (Fsp3) is 0.536. The highest BCUT2D eigenvalue weighted by atomic mass is 35.5. The molecule has 0 spiro atoms. The van der Waals surface area contributed by atoms with Gasteiger partial charge in [-0.15, -0.1) is 0 Å². The lowest BCUT2D eigenvalue weighted by Crippen LogP contribution is -3.19. The van der Waals surface area contributed by atoms with Crippen LogP contribution in [0.5, 0.6) is 11.5 Å². The summed E-state index contributed by atoms with van der Waals surface area (Å²) in [5.41, 5.74) is 2.39. The Morgan fingerprint density at radius 3 is 2.65 bits per heavy atom. The van der Waals surface area contributed by atoms with Crippen LogP contribution in [0.3, 0.4) is 0 Å². The van der Waals surface area contributed by atoms with Gasteiger partial charge in [0.1, 0.15) is 17.4 Å². The molecule has 5 atom stereocenters. The summed E-state index contributed by atoms with van der Waals surface area (Å²) in [5.74, 6) is 0.766. The second kappa shape index (κ2) is 9.52. The number of carbonyl (C=O) groups excluding carboxylic acids is 1. The SMILES string of the molecule is COc1ccc2c(c1O)[C@]13CC[NH+](C)[C@@H](C2)[C@]1(OCCCc1ccccc1)CCC(=O)[C@H]3C.[Cl-]. The number of phenolic OH excluding ortho intramolecular Hbond substituents is 1. The zero-order valence-corrected chi connectivity index (χ0v) is 21.2. The highest BCUT2D eigenvalue weighted by Gasteiger charge is 2.71. The maximum atomic E-state index is 13.2. The van der Waals surface area contributed by atoms with Crippen molar-refractivity contribution in [2.75, 3.05) is 27.3 Å². The van der Waals surface area contributed by atoms with Crippen LogP contribution in [-0.2, 0) is 27.8 Å². The molecule has 0 aromatic heterocycles. The molecule has 0 amide bonds. The van der Waals surface area contributed by atoms with Crippen LogP contribution in [0.15, 0.2) is 42.5 Å². The first-order chi connectivity index (χ1) is 15.9. The first-order valence-electron chi connectivity index (χ1n) is 12.4. The zero-order chi connectivity index (χ0) is 23.2. The van der Waals surface area contributed by atoms with E-state index in [0.717, 1.165) is 49.8 Å². The van der Waals surface area contributed by atoms with Crippen molar-refractivity contribution in [2.24, 2.45) is 5.92 Å². The molecule has 6 heteroatoms. The van der Waals surface area contributed by atoms with Crippen LogP contribution in [0.1, 0.15) is 49.3 Å². The number of halogens is 1. The first-order valence-corrected chi connectivity index (χ1v) is 12.4. The number of benzene rings is 2. The van der Waals surface area contributed by atoms with E-state index in [1.807, 2.05) is 12.1 Å². The number of phenols is 1. The summed E-state index contributed by atoms with van der Waals surface area (Å²) in [6, 6.07) is 14.7. The predicted molar refractivity (Wildman–Crippen MR) is 127 cm³/mol. The number of aryl methyl sites for hydroxylation is 1. The Kier molecular flexibility index (Phi) is 7.01. The number of aromatic hydroxyl groups is 1. The summed E-state index contributed by atoms with van der Waals surface area (Å²) in [6.07, 6.45) is 4.86. The molecule has 5 nitrogen and oxygen atoms in total. The van der Waals surface area contributed by atoms with E-state index in [0.29, 0.717) is 18.8 Å². The quantitative estimate of drug-likeness (QED) is 0.560. The number of Topliss-reactive ketones (excluding diaryl/α,β-unsaturated/α-hetero) is 1. The number of likely N-dealkylation sites (N-methyl/N-ethyl adjacent to an activating group) is 1. The lowest BCUT2D eigenvalue weighted by Gasteiger charge is -2.64. The van der Waals surface area contributed by atoms with E-state index in [1.165, 1.54) is 10.5 Å². The Morgan fingerprint density at radius 1 is 1.15 bits per heavy atom. The molecule has 0 radical (unpaired) electrons. The van der Waals surface area contributed by atoms with Crippen molar-refractivity contribution in [3.05, 3.63) is 59.2 Å². The fourth-order valence-electron chi connectivity index (χ4n) is 7.30. The van der Waals surface area contributed by atoms with Gasteiger partial charge >= 0.3 is 0 Å². The molecule has 34 heavy (non-hydrogen) atoms. The number of carbonyl (C=O) groups is 1. The number of quaternary nitrogens is 1. The standard InChI is InChI=1S/C28H35NO4.ClH/c1-19-22(30)13-14-28(33-17-7-10-20-8-5-4-6-9-20)24-18-21-11-12-23(32-3)26(31)25(21)27(19,28)15-16-29(24)2;/h4-6,8-9,11-12,19,24,31H,7,10,13-18H2,1-3H3;1H/t19-,24+,27-,28-;/m1./s1. The maximum absolute atomic E-state index is 13.2. The fourth-order valence-corrected chi connectivity index (χ4v) is 7.30. The molecule has 2 aliphatic carbocycles. The van der Waals surface area contributed by atoms with Gasteiger partial charge < -0.3 is 31.9 Å². The summed E-state index contributed by atoms with van der Waals surface area (Å²) >= 11 is 0. The van der Waals surface area contributed by atoms with Crippen molar-refractivity contribution in [1.29, 1.82) is 0 Å². The van der Waals surface area contributed by atoms with E-state index in [4.69, 9.17) is 9.47 Å². The van der Waals surface area contributed by atoms with Crippen LogP contribution < -0.4 is 22.0 Å². The number of rotatable bonds is 6. The largest absolute Gasteiger partial charge is 1.00 e. The summed E-state index contributed by atoms with van der Waals surface area (Å²) in [6.45, 7) is 3.68. The van der Waals surface area contributed by atoms with Gasteiger partial charge in [-0.3, -0.25) is 4.79 Å². The predicted octanol–water partition coefficient (Wildman–Crippen LogP) is -0.127. The molecular weight excluding hydrogens is 450 g/mol. The number of hydrogen-bond acceptors (Lipinski definition) is 4. The Bertz CT molecular complexity index is 1040.